The molecule has 5 nitrogen and oxygen atoms in total. The number of carbonyl (C=O) groups is 1. The standard InChI is InChI=1S/C14H10ClN3O2S/c1-8-7-21-14(16-8)17-13(19)11-6-12(20-18-11)9-3-2-4-10(15)5-9/h2-7H,1H3,(H,16,17,19). The van der Waals surface area contributed by atoms with Crippen molar-refractivity contribution in [2.75, 3.05) is 5.32 Å². The number of benzene rings is 1. The van der Waals surface area contributed by atoms with Crippen LogP contribution in [0.3, 0.4) is 0 Å². The lowest BCUT2D eigenvalue weighted by Gasteiger charge is -1.96. The van der Waals surface area contributed by atoms with E-state index in [9.17, 15) is 4.79 Å². The Morgan fingerprint density at radius 3 is 2.95 bits per heavy atom. The fourth-order valence-electron chi connectivity index (χ4n) is 1.73. The summed E-state index contributed by atoms with van der Waals surface area (Å²) in [6.45, 7) is 1.86. The molecule has 21 heavy (non-hydrogen) atoms. The molecule has 1 aromatic carbocycles. The molecule has 0 saturated carbocycles. The normalized spacial score (nSPS) is 10.6. The summed E-state index contributed by atoms with van der Waals surface area (Å²) in [5.41, 5.74) is 1.81. The highest BCUT2D eigenvalue weighted by Crippen LogP contribution is 2.24. The number of carbonyl (C=O) groups excluding carboxylic acids is 1. The maximum atomic E-state index is 12.0. The van der Waals surface area contributed by atoms with Gasteiger partial charge in [-0.2, -0.15) is 0 Å². The number of thiazole rings is 1. The van der Waals surface area contributed by atoms with Gasteiger partial charge < -0.3 is 4.52 Å². The van der Waals surface area contributed by atoms with Gasteiger partial charge in [0.15, 0.2) is 16.6 Å². The monoisotopic (exact) mass is 319 g/mol. The van der Waals surface area contributed by atoms with Crippen molar-refractivity contribution in [1.82, 2.24) is 10.1 Å². The zero-order valence-corrected chi connectivity index (χ0v) is 12.5. The maximum absolute atomic E-state index is 12.0. The Morgan fingerprint density at radius 2 is 2.24 bits per heavy atom. The van der Waals surface area contributed by atoms with Gasteiger partial charge in [-0.3, -0.25) is 10.1 Å². The third kappa shape index (κ3) is 3.12. The van der Waals surface area contributed by atoms with Crippen LogP contribution < -0.4 is 5.32 Å². The fraction of sp³-hybridized carbons (Fsp3) is 0.0714. The number of aryl methyl sites for hydroxylation is 1. The topological polar surface area (TPSA) is 68.0 Å². The Hall–Kier alpha value is -2.18. The predicted molar refractivity (Wildman–Crippen MR) is 81.8 cm³/mol. The van der Waals surface area contributed by atoms with E-state index in [0.29, 0.717) is 15.9 Å². The van der Waals surface area contributed by atoms with Crippen molar-refractivity contribution in [1.29, 1.82) is 0 Å². The molecular formula is C14H10ClN3O2S. The first-order valence-corrected chi connectivity index (χ1v) is 7.34. The molecule has 0 radical (unpaired) electrons. The Balaban J connectivity index is 1.80. The Kier molecular flexibility index (Phi) is 3.72. The van der Waals surface area contributed by atoms with Gasteiger partial charge in [0.25, 0.3) is 5.91 Å². The molecule has 0 aliphatic rings. The van der Waals surface area contributed by atoms with E-state index < -0.39 is 0 Å². The minimum Gasteiger partial charge on any atom is -0.355 e. The average Bonchev–Trinajstić information content (AvgIpc) is 3.08. The minimum absolute atomic E-state index is 0.192. The van der Waals surface area contributed by atoms with E-state index >= 15 is 0 Å². The van der Waals surface area contributed by atoms with E-state index in [1.165, 1.54) is 11.3 Å². The molecule has 0 spiro atoms. The number of halogens is 1. The summed E-state index contributed by atoms with van der Waals surface area (Å²) >= 11 is 7.28. The van der Waals surface area contributed by atoms with Gasteiger partial charge in [-0.05, 0) is 19.1 Å². The molecule has 3 rings (SSSR count). The van der Waals surface area contributed by atoms with Crippen LogP contribution in [0.15, 0.2) is 40.2 Å². The van der Waals surface area contributed by atoms with Crippen molar-refractivity contribution in [2.24, 2.45) is 0 Å². The van der Waals surface area contributed by atoms with Crippen molar-refractivity contribution < 1.29 is 9.32 Å². The van der Waals surface area contributed by atoms with Gasteiger partial charge >= 0.3 is 0 Å². The van der Waals surface area contributed by atoms with E-state index in [2.05, 4.69) is 15.5 Å². The van der Waals surface area contributed by atoms with Crippen LogP contribution in [0.1, 0.15) is 16.2 Å². The minimum atomic E-state index is -0.360. The van der Waals surface area contributed by atoms with Crippen molar-refractivity contribution in [3.63, 3.8) is 0 Å². The molecule has 3 aromatic rings. The largest absolute Gasteiger partial charge is 0.355 e. The number of anilines is 1. The fourth-order valence-corrected chi connectivity index (χ4v) is 2.61. The molecule has 0 aliphatic carbocycles. The molecule has 0 unspecified atom stereocenters. The van der Waals surface area contributed by atoms with E-state index in [1.807, 2.05) is 18.4 Å². The molecule has 0 aliphatic heterocycles. The molecule has 1 amide bonds. The van der Waals surface area contributed by atoms with Crippen molar-refractivity contribution in [2.45, 2.75) is 6.92 Å². The molecule has 1 N–H and O–H groups in total. The lowest BCUT2D eigenvalue weighted by atomic mass is 10.1. The summed E-state index contributed by atoms with van der Waals surface area (Å²) in [7, 11) is 0. The molecular weight excluding hydrogens is 310 g/mol. The second-order valence-corrected chi connectivity index (χ2v) is 5.63. The third-order valence-electron chi connectivity index (χ3n) is 2.69. The Bertz CT molecular complexity index is 797. The van der Waals surface area contributed by atoms with Gasteiger partial charge in [0, 0.05) is 22.0 Å². The summed E-state index contributed by atoms with van der Waals surface area (Å²) in [5, 5.41) is 9.43. The smallest absolute Gasteiger partial charge is 0.279 e. The van der Waals surface area contributed by atoms with Crippen LogP contribution in [0.5, 0.6) is 0 Å². The first kappa shape index (κ1) is 13.8. The summed E-state index contributed by atoms with van der Waals surface area (Å²) in [5.74, 6) is 0.124. The highest BCUT2D eigenvalue weighted by atomic mass is 35.5. The van der Waals surface area contributed by atoms with Gasteiger partial charge in [-0.25, -0.2) is 4.98 Å². The number of nitrogens with one attached hydrogen (secondary N) is 1. The lowest BCUT2D eigenvalue weighted by molar-refractivity contribution is 0.101. The number of hydrogen-bond acceptors (Lipinski definition) is 5. The number of aromatic nitrogens is 2. The first-order valence-electron chi connectivity index (χ1n) is 6.08. The molecule has 2 aromatic heterocycles. The van der Waals surface area contributed by atoms with Gasteiger partial charge in [-0.1, -0.05) is 28.9 Å². The van der Waals surface area contributed by atoms with Crippen LogP contribution >= 0.6 is 22.9 Å². The van der Waals surface area contributed by atoms with Crippen LogP contribution in [0, 0.1) is 6.92 Å². The van der Waals surface area contributed by atoms with Crippen molar-refractivity contribution in [3.05, 3.63) is 52.1 Å². The SMILES string of the molecule is Cc1csc(NC(=O)c2cc(-c3cccc(Cl)c3)on2)n1. The molecule has 7 heteroatoms. The quantitative estimate of drug-likeness (QED) is 0.792. The summed E-state index contributed by atoms with van der Waals surface area (Å²) in [4.78, 5) is 16.2. The lowest BCUT2D eigenvalue weighted by Crippen LogP contribution is -2.11. The molecule has 0 saturated heterocycles. The zero-order chi connectivity index (χ0) is 14.8. The van der Waals surface area contributed by atoms with Crippen LogP contribution in [-0.4, -0.2) is 16.0 Å². The average molecular weight is 320 g/mol. The third-order valence-corrected chi connectivity index (χ3v) is 3.80. The van der Waals surface area contributed by atoms with Gasteiger partial charge in [0.1, 0.15) is 0 Å². The number of nitrogens with zero attached hydrogens (tertiary/aromatic N) is 2. The van der Waals surface area contributed by atoms with Crippen LogP contribution in [-0.2, 0) is 0 Å². The van der Waals surface area contributed by atoms with Gasteiger partial charge in [0.05, 0.1) is 5.69 Å². The molecule has 2 heterocycles. The molecule has 0 atom stereocenters. The maximum Gasteiger partial charge on any atom is 0.279 e. The number of amides is 1. The summed E-state index contributed by atoms with van der Waals surface area (Å²) < 4.78 is 5.18. The van der Waals surface area contributed by atoms with E-state index in [-0.39, 0.29) is 11.6 Å². The van der Waals surface area contributed by atoms with Crippen molar-refractivity contribution >= 4 is 34.0 Å². The van der Waals surface area contributed by atoms with Crippen molar-refractivity contribution in [3.8, 4) is 11.3 Å². The highest BCUT2D eigenvalue weighted by Gasteiger charge is 2.15. The number of hydrogen-bond donors (Lipinski definition) is 1. The zero-order valence-electron chi connectivity index (χ0n) is 11.0. The molecule has 0 fully saturated rings. The first-order chi connectivity index (χ1) is 10.1. The van der Waals surface area contributed by atoms with E-state index in [4.69, 9.17) is 16.1 Å². The molecule has 0 bridgehead atoms. The van der Waals surface area contributed by atoms with E-state index in [0.717, 1.165) is 11.3 Å². The highest BCUT2D eigenvalue weighted by molar-refractivity contribution is 7.13. The molecule has 106 valence electrons. The Labute approximate surface area is 129 Å². The predicted octanol–water partition coefficient (Wildman–Crippen LogP) is 4.01. The summed E-state index contributed by atoms with van der Waals surface area (Å²) in [6, 6.07) is 8.71. The van der Waals surface area contributed by atoms with Crippen LogP contribution in [0.25, 0.3) is 11.3 Å². The Morgan fingerprint density at radius 1 is 1.38 bits per heavy atom. The van der Waals surface area contributed by atoms with E-state index in [1.54, 1.807) is 24.3 Å². The van der Waals surface area contributed by atoms with Gasteiger partial charge in [0.2, 0.25) is 0 Å². The number of rotatable bonds is 3. The van der Waals surface area contributed by atoms with Crippen LogP contribution in [0.4, 0.5) is 5.13 Å². The second-order valence-electron chi connectivity index (χ2n) is 4.33. The van der Waals surface area contributed by atoms with Crippen LogP contribution in [0.2, 0.25) is 5.02 Å². The van der Waals surface area contributed by atoms with Gasteiger partial charge in [-0.15, -0.1) is 11.3 Å². The second kappa shape index (κ2) is 5.67. The summed E-state index contributed by atoms with van der Waals surface area (Å²) in [6.07, 6.45) is 0.